The zero-order chi connectivity index (χ0) is 31.1. The fourth-order valence-electron chi connectivity index (χ4n) is 3.92. The second kappa shape index (κ2) is 14.4. The highest BCUT2D eigenvalue weighted by molar-refractivity contribution is 8.00. The van der Waals surface area contributed by atoms with Crippen molar-refractivity contribution >= 4 is 80.9 Å². The van der Waals surface area contributed by atoms with Gasteiger partial charge in [-0.3, -0.25) is 14.4 Å². The summed E-state index contributed by atoms with van der Waals surface area (Å²) in [6, 6.07) is 24.2. The second-order valence-electron chi connectivity index (χ2n) is 9.29. The molecule has 0 saturated heterocycles. The molecule has 0 radical (unpaired) electrons. The van der Waals surface area contributed by atoms with E-state index in [-0.39, 0.29) is 11.6 Å². The standard InChI is InChI=1S/C32H24Cl2N4O4S2/c1-19(29(39)38-32-37-28(18-43-32)25-13-12-21(33)15-26(25)34)44-24-11-5-9-22(16-24)35-31(41)27(17-23-10-6-14-42-23)36-30(40)20-7-3-2-4-8-20/h2-19H,1H3,(H,35,41)(H,36,40)(H,37,38,39)/b27-17-. The number of thiazole rings is 1. The highest BCUT2D eigenvalue weighted by Crippen LogP contribution is 2.33. The topological polar surface area (TPSA) is 113 Å². The molecular weight excluding hydrogens is 639 g/mol. The van der Waals surface area contributed by atoms with Gasteiger partial charge in [-0.2, -0.15) is 0 Å². The van der Waals surface area contributed by atoms with Gasteiger partial charge in [0.15, 0.2) is 5.13 Å². The summed E-state index contributed by atoms with van der Waals surface area (Å²) in [7, 11) is 0. The van der Waals surface area contributed by atoms with E-state index >= 15 is 0 Å². The molecule has 0 aliphatic rings. The lowest BCUT2D eigenvalue weighted by molar-refractivity contribution is -0.115. The molecule has 1 atom stereocenters. The summed E-state index contributed by atoms with van der Waals surface area (Å²) in [6.45, 7) is 1.78. The number of rotatable bonds is 10. The monoisotopic (exact) mass is 662 g/mol. The molecule has 222 valence electrons. The van der Waals surface area contributed by atoms with E-state index in [0.29, 0.717) is 37.9 Å². The molecule has 0 bridgehead atoms. The smallest absolute Gasteiger partial charge is 0.272 e. The van der Waals surface area contributed by atoms with Crippen molar-refractivity contribution < 1.29 is 18.8 Å². The number of thioether (sulfide) groups is 1. The molecule has 3 amide bonds. The normalized spacial score (nSPS) is 11.9. The SMILES string of the molecule is CC(Sc1cccc(NC(=O)/C(=C/c2ccco2)NC(=O)c2ccccc2)c1)C(=O)Nc1nc(-c2ccc(Cl)cc2Cl)cs1. The number of carbonyl (C=O) groups is 3. The van der Waals surface area contributed by atoms with Gasteiger partial charge in [-0.15, -0.1) is 23.1 Å². The number of furan rings is 1. The fourth-order valence-corrected chi connectivity index (χ4v) is 6.07. The Bertz CT molecular complexity index is 1830. The average Bonchev–Trinajstić information content (AvgIpc) is 3.70. The van der Waals surface area contributed by atoms with E-state index in [1.807, 2.05) is 11.4 Å². The lowest BCUT2D eigenvalue weighted by Crippen LogP contribution is -2.30. The van der Waals surface area contributed by atoms with Crippen LogP contribution in [0, 0.1) is 0 Å². The van der Waals surface area contributed by atoms with Crippen LogP contribution in [0.25, 0.3) is 17.3 Å². The molecule has 0 aliphatic heterocycles. The maximum absolute atomic E-state index is 13.3. The summed E-state index contributed by atoms with van der Waals surface area (Å²) in [5.41, 5.74) is 2.24. The number of anilines is 2. The Hall–Kier alpha value is -4.35. The first-order valence-corrected chi connectivity index (χ1v) is 15.7. The van der Waals surface area contributed by atoms with Crippen LogP contribution in [-0.4, -0.2) is 28.0 Å². The first-order chi connectivity index (χ1) is 21.2. The second-order valence-corrected chi connectivity index (χ2v) is 12.4. The largest absolute Gasteiger partial charge is 0.465 e. The Morgan fingerprint density at radius 1 is 0.955 bits per heavy atom. The minimum Gasteiger partial charge on any atom is -0.465 e. The molecule has 3 N–H and O–H groups in total. The molecule has 5 rings (SSSR count). The number of hydrogen-bond donors (Lipinski definition) is 3. The third-order valence-electron chi connectivity index (χ3n) is 6.07. The van der Waals surface area contributed by atoms with Gasteiger partial charge >= 0.3 is 0 Å². The summed E-state index contributed by atoms with van der Waals surface area (Å²) in [5.74, 6) is -0.818. The predicted octanol–water partition coefficient (Wildman–Crippen LogP) is 8.24. The number of aromatic nitrogens is 1. The summed E-state index contributed by atoms with van der Waals surface area (Å²) in [6.07, 6.45) is 2.92. The van der Waals surface area contributed by atoms with Crippen LogP contribution in [0.5, 0.6) is 0 Å². The van der Waals surface area contributed by atoms with Crippen molar-refractivity contribution in [1.82, 2.24) is 10.3 Å². The number of halogens is 2. The molecule has 1 unspecified atom stereocenters. The Labute approximate surface area is 271 Å². The van der Waals surface area contributed by atoms with E-state index in [0.717, 1.165) is 10.5 Å². The van der Waals surface area contributed by atoms with Crippen molar-refractivity contribution in [3.05, 3.63) is 124 Å². The molecular formula is C32H24Cl2N4O4S2. The number of carbonyl (C=O) groups excluding carboxylic acids is 3. The van der Waals surface area contributed by atoms with Crippen LogP contribution >= 0.6 is 46.3 Å². The van der Waals surface area contributed by atoms with Crippen LogP contribution in [0.4, 0.5) is 10.8 Å². The Morgan fingerprint density at radius 2 is 1.77 bits per heavy atom. The third kappa shape index (κ3) is 8.18. The van der Waals surface area contributed by atoms with Crippen LogP contribution in [0.2, 0.25) is 10.0 Å². The van der Waals surface area contributed by atoms with E-state index in [4.69, 9.17) is 27.6 Å². The highest BCUT2D eigenvalue weighted by Gasteiger charge is 2.19. The van der Waals surface area contributed by atoms with E-state index in [1.165, 1.54) is 35.4 Å². The van der Waals surface area contributed by atoms with Gasteiger partial charge in [0.1, 0.15) is 11.5 Å². The third-order valence-corrected chi connectivity index (χ3v) is 8.47. The quantitative estimate of drug-likeness (QED) is 0.103. The lowest BCUT2D eigenvalue weighted by atomic mass is 10.2. The van der Waals surface area contributed by atoms with E-state index < -0.39 is 17.1 Å². The molecule has 3 aromatic carbocycles. The Balaban J connectivity index is 1.23. The zero-order valence-corrected chi connectivity index (χ0v) is 26.2. The molecule has 2 heterocycles. The summed E-state index contributed by atoms with van der Waals surface area (Å²) in [5, 5.41) is 11.1. The first kappa shape index (κ1) is 31.1. The minimum atomic E-state index is -0.543. The fraction of sp³-hybridized carbons (Fsp3) is 0.0625. The average molecular weight is 664 g/mol. The van der Waals surface area contributed by atoms with Gasteiger partial charge in [-0.1, -0.05) is 47.5 Å². The Morgan fingerprint density at radius 3 is 2.52 bits per heavy atom. The van der Waals surface area contributed by atoms with Crippen molar-refractivity contribution in [3.8, 4) is 11.3 Å². The predicted molar refractivity (Wildman–Crippen MR) is 177 cm³/mol. The van der Waals surface area contributed by atoms with Crippen molar-refractivity contribution in [1.29, 1.82) is 0 Å². The van der Waals surface area contributed by atoms with Gasteiger partial charge in [0.25, 0.3) is 11.8 Å². The van der Waals surface area contributed by atoms with Crippen LogP contribution in [0.3, 0.4) is 0 Å². The molecule has 0 spiro atoms. The van der Waals surface area contributed by atoms with Gasteiger partial charge in [0.05, 0.1) is 22.2 Å². The van der Waals surface area contributed by atoms with Crippen LogP contribution in [-0.2, 0) is 9.59 Å². The maximum Gasteiger partial charge on any atom is 0.272 e. The van der Waals surface area contributed by atoms with E-state index in [2.05, 4.69) is 20.9 Å². The molecule has 12 heteroatoms. The molecule has 44 heavy (non-hydrogen) atoms. The van der Waals surface area contributed by atoms with Crippen molar-refractivity contribution in [3.63, 3.8) is 0 Å². The Kier molecular flexibility index (Phi) is 10.2. The molecule has 0 fully saturated rings. The van der Waals surface area contributed by atoms with E-state index in [9.17, 15) is 14.4 Å². The van der Waals surface area contributed by atoms with Gasteiger partial charge in [-0.05, 0) is 67.6 Å². The van der Waals surface area contributed by atoms with Crippen molar-refractivity contribution in [2.75, 3.05) is 10.6 Å². The van der Waals surface area contributed by atoms with Crippen LogP contribution in [0.15, 0.2) is 112 Å². The van der Waals surface area contributed by atoms with Crippen molar-refractivity contribution in [2.24, 2.45) is 0 Å². The summed E-state index contributed by atoms with van der Waals surface area (Å²) in [4.78, 5) is 44.3. The number of amides is 3. The minimum absolute atomic E-state index is 0.00214. The van der Waals surface area contributed by atoms with E-state index in [1.54, 1.807) is 85.8 Å². The summed E-state index contributed by atoms with van der Waals surface area (Å²) >= 11 is 14.9. The lowest BCUT2D eigenvalue weighted by Gasteiger charge is -2.13. The van der Waals surface area contributed by atoms with Gasteiger partial charge < -0.3 is 20.4 Å². The zero-order valence-electron chi connectivity index (χ0n) is 23.0. The van der Waals surface area contributed by atoms with Gasteiger partial charge in [0.2, 0.25) is 5.91 Å². The molecule has 2 aromatic heterocycles. The molecule has 0 aliphatic carbocycles. The highest BCUT2D eigenvalue weighted by atomic mass is 35.5. The number of benzene rings is 3. The maximum atomic E-state index is 13.3. The first-order valence-electron chi connectivity index (χ1n) is 13.2. The van der Waals surface area contributed by atoms with Crippen LogP contribution in [0.1, 0.15) is 23.0 Å². The van der Waals surface area contributed by atoms with Crippen molar-refractivity contribution in [2.45, 2.75) is 17.1 Å². The summed E-state index contributed by atoms with van der Waals surface area (Å²) < 4.78 is 5.35. The van der Waals surface area contributed by atoms with Gasteiger partial charge in [0, 0.05) is 38.2 Å². The number of nitrogens with one attached hydrogen (secondary N) is 3. The number of nitrogens with zero attached hydrogens (tertiary/aromatic N) is 1. The molecule has 0 saturated carbocycles. The molecule has 8 nitrogen and oxygen atoms in total. The molecule has 5 aromatic rings. The number of hydrogen-bond acceptors (Lipinski definition) is 7. The van der Waals surface area contributed by atoms with Gasteiger partial charge in [-0.25, -0.2) is 4.98 Å². The van der Waals surface area contributed by atoms with Crippen LogP contribution < -0.4 is 16.0 Å².